The van der Waals surface area contributed by atoms with Crippen LogP contribution in [0.4, 0.5) is 0 Å². The number of hydrogen-bond acceptors (Lipinski definition) is 3. The summed E-state index contributed by atoms with van der Waals surface area (Å²) >= 11 is 0. The van der Waals surface area contributed by atoms with Crippen molar-refractivity contribution in [1.29, 1.82) is 0 Å². The fourth-order valence-corrected chi connectivity index (χ4v) is 3.56. The van der Waals surface area contributed by atoms with Gasteiger partial charge in [0.15, 0.2) is 0 Å². The van der Waals surface area contributed by atoms with Gasteiger partial charge in [0.25, 0.3) is 0 Å². The SMILES string of the molecule is CCNCC1CCN(CC2Cc3cc(C)ccc3O2)CC1. The van der Waals surface area contributed by atoms with E-state index < -0.39 is 0 Å². The number of nitrogens with one attached hydrogen (secondary N) is 1. The first-order valence-corrected chi connectivity index (χ1v) is 8.44. The zero-order valence-electron chi connectivity index (χ0n) is 13.4. The maximum atomic E-state index is 6.10. The molecule has 0 amide bonds. The molecule has 1 unspecified atom stereocenters. The Morgan fingerprint density at radius 1 is 1.29 bits per heavy atom. The second-order valence-corrected chi connectivity index (χ2v) is 6.61. The maximum Gasteiger partial charge on any atom is 0.123 e. The van der Waals surface area contributed by atoms with Gasteiger partial charge in [-0.1, -0.05) is 24.6 Å². The molecule has 1 fully saturated rings. The average Bonchev–Trinajstić information content (AvgIpc) is 2.88. The van der Waals surface area contributed by atoms with Crippen LogP contribution in [-0.4, -0.2) is 43.7 Å². The quantitative estimate of drug-likeness (QED) is 0.901. The number of benzene rings is 1. The summed E-state index contributed by atoms with van der Waals surface area (Å²) in [5.41, 5.74) is 2.73. The zero-order valence-corrected chi connectivity index (χ0v) is 13.4. The normalized spacial score (nSPS) is 23.0. The summed E-state index contributed by atoms with van der Waals surface area (Å²) in [4.78, 5) is 2.59. The number of nitrogens with zero attached hydrogens (tertiary/aromatic N) is 1. The molecule has 0 aliphatic carbocycles. The van der Waals surface area contributed by atoms with Gasteiger partial charge in [0.05, 0.1) is 0 Å². The van der Waals surface area contributed by atoms with E-state index in [-0.39, 0.29) is 0 Å². The first-order valence-electron chi connectivity index (χ1n) is 8.44. The van der Waals surface area contributed by atoms with Crippen LogP contribution in [0.15, 0.2) is 18.2 Å². The lowest BCUT2D eigenvalue weighted by Crippen LogP contribution is -2.42. The summed E-state index contributed by atoms with van der Waals surface area (Å²) in [5, 5.41) is 3.48. The molecule has 0 aromatic heterocycles. The van der Waals surface area contributed by atoms with E-state index in [2.05, 4.69) is 42.3 Å². The largest absolute Gasteiger partial charge is 0.488 e. The summed E-state index contributed by atoms with van der Waals surface area (Å²) < 4.78 is 6.10. The Morgan fingerprint density at radius 2 is 2.10 bits per heavy atom. The first kappa shape index (κ1) is 14.9. The van der Waals surface area contributed by atoms with Gasteiger partial charge < -0.3 is 10.1 Å². The molecule has 1 aromatic carbocycles. The lowest BCUT2D eigenvalue weighted by molar-refractivity contribution is 0.116. The molecule has 116 valence electrons. The van der Waals surface area contributed by atoms with E-state index in [9.17, 15) is 0 Å². The van der Waals surface area contributed by atoms with Gasteiger partial charge in [0.2, 0.25) is 0 Å². The highest BCUT2D eigenvalue weighted by Crippen LogP contribution is 2.30. The monoisotopic (exact) mass is 288 g/mol. The number of piperidine rings is 1. The Bertz CT molecular complexity index is 466. The topological polar surface area (TPSA) is 24.5 Å². The molecule has 0 radical (unpaired) electrons. The molecule has 0 bridgehead atoms. The van der Waals surface area contributed by atoms with Gasteiger partial charge >= 0.3 is 0 Å². The fourth-order valence-electron chi connectivity index (χ4n) is 3.56. The number of rotatable bonds is 5. The van der Waals surface area contributed by atoms with E-state index in [1.165, 1.54) is 43.6 Å². The van der Waals surface area contributed by atoms with Crippen molar-refractivity contribution in [3.05, 3.63) is 29.3 Å². The van der Waals surface area contributed by atoms with Gasteiger partial charge in [-0.3, -0.25) is 4.90 Å². The first-order chi connectivity index (χ1) is 10.2. The third kappa shape index (κ3) is 3.78. The van der Waals surface area contributed by atoms with E-state index in [1.807, 2.05) is 0 Å². The van der Waals surface area contributed by atoms with Gasteiger partial charge in [-0.25, -0.2) is 0 Å². The number of hydrogen-bond donors (Lipinski definition) is 1. The number of fused-ring (bicyclic) bond motifs is 1. The molecular weight excluding hydrogens is 260 g/mol. The summed E-state index contributed by atoms with van der Waals surface area (Å²) in [6.45, 7) is 10.2. The Morgan fingerprint density at radius 3 is 2.86 bits per heavy atom. The molecule has 0 spiro atoms. The van der Waals surface area contributed by atoms with Gasteiger partial charge in [-0.15, -0.1) is 0 Å². The lowest BCUT2D eigenvalue weighted by atomic mass is 9.96. The minimum atomic E-state index is 0.354. The van der Waals surface area contributed by atoms with Crippen molar-refractivity contribution < 1.29 is 4.74 Å². The molecule has 1 atom stereocenters. The second kappa shape index (κ2) is 6.80. The van der Waals surface area contributed by atoms with Gasteiger partial charge in [0.1, 0.15) is 11.9 Å². The highest BCUT2D eigenvalue weighted by Gasteiger charge is 2.27. The van der Waals surface area contributed by atoms with Crippen LogP contribution in [-0.2, 0) is 6.42 Å². The van der Waals surface area contributed by atoms with Crippen molar-refractivity contribution in [3.63, 3.8) is 0 Å². The zero-order chi connectivity index (χ0) is 14.7. The van der Waals surface area contributed by atoms with Crippen molar-refractivity contribution in [2.75, 3.05) is 32.7 Å². The van der Waals surface area contributed by atoms with E-state index in [1.54, 1.807) is 0 Å². The third-order valence-corrected chi connectivity index (χ3v) is 4.81. The summed E-state index contributed by atoms with van der Waals surface area (Å²) in [7, 11) is 0. The van der Waals surface area contributed by atoms with Crippen LogP contribution in [0.5, 0.6) is 5.75 Å². The molecule has 2 aliphatic rings. The van der Waals surface area contributed by atoms with Crippen molar-refractivity contribution >= 4 is 0 Å². The molecule has 2 aliphatic heterocycles. The third-order valence-electron chi connectivity index (χ3n) is 4.81. The van der Waals surface area contributed by atoms with Crippen LogP contribution in [0.3, 0.4) is 0 Å². The van der Waals surface area contributed by atoms with Crippen LogP contribution in [0.2, 0.25) is 0 Å². The molecule has 3 rings (SSSR count). The molecule has 2 heterocycles. The van der Waals surface area contributed by atoms with Crippen LogP contribution in [0, 0.1) is 12.8 Å². The highest BCUT2D eigenvalue weighted by atomic mass is 16.5. The lowest BCUT2D eigenvalue weighted by Gasteiger charge is -2.33. The average molecular weight is 288 g/mol. The minimum absolute atomic E-state index is 0.354. The Hall–Kier alpha value is -1.06. The van der Waals surface area contributed by atoms with Crippen molar-refractivity contribution in [2.24, 2.45) is 5.92 Å². The van der Waals surface area contributed by atoms with E-state index >= 15 is 0 Å². The van der Waals surface area contributed by atoms with Crippen LogP contribution < -0.4 is 10.1 Å². The predicted octanol–water partition coefficient (Wildman–Crippen LogP) is 2.62. The molecule has 0 saturated carbocycles. The number of likely N-dealkylation sites (tertiary alicyclic amines) is 1. The number of aryl methyl sites for hydroxylation is 1. The molecule has 1 saturated heterocycles. The maximum absolute atomic E-state index is 6.10. The molecule has 1 N–H and O–H groups in total. The molecule has 3 heteroatoms. The summed E-state index contributed by atoms with van der Waals surface area (Å²) in [5.74, 6) is 1.97. The van der Waals surface area contributed by atoms with Crippen molar-refractivity contribution in [2.45, 2.75) is 39.2 Å². The minimum Gasteiger partial charge on any atom is -0.488 e. The molecule has 3 nitrogen and oxygen atoms in total. The Kier molecular flexibility index (Phi) is 4.81. The Balaban J connectivity index is 1.45. The standard InChI is InChI=1S/C18H28N2O/c1-3-19-12-15-6-8-20(9-7-15)13-17-11-16-10-14(2)4-5-18(16)21-17/h4-5,10,15,17,19H,3,6-9,11-13H2,1-2H3. The summed E-state index contributed by atoms with van der Waals surface area (Å²) in [6, 6.07) is 6.55. The second-order valence-electron chi connectivity index (χ2n) is 6.61. The summed E-state index contributed by atoms with van der Waals surface area (Å²) in [6.07, 6.45) is 4.08. The number of ether oxygens (including phenoxy) is 1. The van der Waals surface area contributed by atoms with Crippen molar-refractivity contribution in [1.82, 2.24) is 10.2 Å². The van der Waals surface area contributed by atoms with Crippen LogP contribution in [0.25, 0.3) is 0 Å². The van der Waals surface area contributed by atoms with E-state index in [0.717, 1.165) is 31.2 Å². The highest BCUT2D eigenvalue weighted by molar-refractivity contribution is 5.40. The van der Waals surface area contributed by atoms with Crippen molar-refractivity contribution in [3.8, 4) is 5.75 Å². The van der Waals surface area contributed by atoms with Crippen LogP contribution >= 0.6 is 0 Å². The van der Waals surface area contributed by atoms with E-state index in [0.29, 0.717) is 6.10 Å². The Labute approximate surface area is 128 Å². The molecular formula is C18H28N2O. The van der Waals surface area contributed by atoms with Gasteiger partial charge in [-0.05, 0) is 63.5 Å². The smallest absolute Gasteiger partial charge is 0.123 e. The fraction of sp³-hybridized carbons (Fsp3) is 0.667. The van der Waals surface area contributed by atoms with E-state index in [4.69, 9.17) is 4.74 Å². The van der Waals surface area contributed by atoms with Gasteiger partial charge in [-0.2, -0.15) is 0 Å². The molecule has 1 aromatic rings. The van der Waals surface area contributed by atoms with Crippen LogP contribution in [0.1, 0.15) is 30.9 Å². The molecule has 21 heavy (non-hydrogen) atoms. The predicted molar refractivity (Wildman–Crippen MR) is 87.0 cm³/mol. The van der Waals surface area contributed by atoms with Gasteiger partial charge in [0, 0.05) is 13.0 Å².